The molecule has 16 heavy (non-hydrogen) atoms. The van der Waals surface area contributed by atoms with Gasteiger partial charge in [-0.25, -0.2) is 0 Å². The van der Waals surface area contributed by atoms with E-state index in [1.54, 1.807) is 0 Å². The van der Waals surface area contributed by atoms with E-state index in [9.17, 15) is 4.79 Å². The fourth-order valence-electron chi connectivity index (χ4n) is 1.36. The Morgan fingerprint density at radius 3 is 2.50 bits per heavy atom. The third-order valence-electron chi connectivity index (χ3n) is 2.47. The van der Waals surface area contributed by atoms with Crippen molar-refractivity contribution in [3.8, 4) is 0 Å². The van der Waals surface area contributed by atoms with Crippen molar-refractivity contribution < 1.29 is 4.79 Å². The van der Waals surface area contributed by atoms with E-state index in [0.29, 0.717) is 6.54 Å². The van der Waals surface area contributed by atoms with Gasteiger partial charge in [-0.3, -0.25) is 4.79 Å². The molecule has 0 radical (unpaired) electrons. The van der Waals surface area contributed by atoms with Crippen LogP contribution in [0.5, 0.6) is 0 Å². The second kappa shape index (κ2) is 6.28. The number of nitrogens with one attached hydrogen (secondary N) is 2. The van der Waals surface area contributed by atoms with Crippen molar-refractivity contribution in [2.24, 2.45) is 5.92 Å². The van der Waals surface area contributed by atoms with Crippen LogP contribution in [-0.4, -0.2) is 19.0 Å². The van der Waals surface area contributed by atoms with Gasteiger partial charge >= 0.3 is 0 Å². The van der Waals surface area contributed by atoms with Crippen molar-refractivity contribution >= 4 is 11.6 Å². The number of carbonyl (C=O) groups is 1. The van der Waals surface area contributed by atoms with Gasteiger partial charge in [0.1, 0.15) is 0 Å². The van der Waals surface area contributed by atoms with Crippen LogP contribution in [0.4, 0.5) is 5.69 Å². The number of aryl methyl sites for hydroxylation is 1. The van der Waals surface area contributed by atoms with E-state index < -0.39 is 0 Å². The van der Waals surface area contributed by atoms with Crippen LogP contribution in [0.3, 0.4) is 0 Å². The Morgan fingerprint density at radius 2 is 1.94 bits per heavy atom. The molecule has 0 saturated heterocycles. The van der Waals surface area contributed by atoms with Gasteiger partial charge in [0.25, 0.3) is 0 Å². The molecule has 0 aromatic heterocycles. The van der Waals surface area contributed by atoms with E-state index >= 15 is 0 Å². The summed E-state index contributed by atoms with van der Waals surface area (Å²) in [5.74, 6) is 0.0473. The Balaban J connectivity index is 2.47. The van der Waals surface area contributed by atoms with E-state index in [-0.39, 0.29) is 11.8 Å². The van der Waals surface area contributed by atoms with Crippen LogP contribution in [0.25, 0.3) is 0 Å². The molecule has 0 aliphatic heterocycles. The van der Waals surface area contributed by atoms with Crippen LogP contribution >= 0.6 is 0 Å². The van der Waals surface area contributed by atoms with Gasteiger partial charge in [0.15, 0.2) is 0 Å². The summed E-state index contributed by atoms with van der Waals surface area (Å²) in [7, 11) is 0. The molecule has 1 amide bonds. The lowest BCUT2D eigenvalue weighted by Gasteiger charge is -2.12. The van der Waals surface area contributed by atoms with Gasteiger partial charge in [0, 0.05) is 18.2 Å². The predicted molar refractivity (Wildman–Crippen MR) is 67.5 cm³/mol. The van der Waals surface area contributed by atoms with Crippen molar-refractivity contribution in [2.75, 3.05) is 18.4 Å². The van der Waals surface area contributed by atoms with E-state index in [1.807, 2.05) is 45.0 Å². The first-order valence-electron chi connectivity index (χ1n) is 5.71. The number of anilines is 1. The summed E-state index contributed by atoms with van der Waals surface area (Å²) in [5.41, 5.74) is 2.05. The van der Waals surface area contributed by atoms with Crippen molar-refractivity contribution in [3.05, 3.63) is 29.8 Å². The Hall–Kier alpha value is -1.35. The monoisotopic (exact) mass is 220 g/mol. The molecule has 1 atom stereocenters. The van der Waals surface area contributed by atoms with Crippen LogP contribution < -0.4 is 10.6 Å². The van der Waals surface area contributed by atoms with Crippen molar-refractivity contribution in [3.63, 3.8) is 0 Å². The van der Waals surface area contributed by atoms with Crippen LogP contribution in [0.2, 0.25) is 0 Å². The highest BCUT2D eigenvalue weighted by atomic mass is 16.1. The van der Waals surface area contributed by atoms with E-state index in [2.05, 4.69) is 10.6 Å². The maximum atomic E-state index is 11.8. The zero-order valence-corrected chi connectivity index (χ0v) is 10.2. The molecule has 0 aliphatic rings. The highest BCUT2D eigenvalue weighted by molar-refractivity contribution is 5.92. The Morgan fingerprint density at radius 1 is 1.31 bits per heavy atom. The van der Waals surface area contributed by atoms with Gasteiger partial charge in [-0.2, -0.15) is 0 Å². The molecule has 1 unspecified atom stereocenters. The number of rotatable bonds is 5. The van der Waals surface area contributed by atoms with E-state index in [4.69, 9.17) is 0 Å². The van der Waals surface area contributed by atoms with Crippen LogP contribution in [-0.2, 0) is 4.79 Å². The zero-order chi connectivity index (χ0) is 12.0. The third-order valence-corrected chi connectivity index (χ3v) is 2.47. The molecule has 0 saturated carbocycles. The fourth-order valence-corrected chi connectivity index (χ4v) is 1.36. The third kappa shape index (κ3) is 4.03. The molecule has 0 fully saturated rings. The average Bonchev–Trinajstić information content (AvgIpc) is 2.29. The summed E-state index contributed by atoms with van der Waals surface area (Å²) in [6.07, 6.45) is 0. The summed E-state index contributed by atoms with van der Waals surface area (Å²) in [6.45, 7) is 7.59. The Kier molecular flexibility index (Phi) is 4.99. The fraction of sp³-hybridized carbons (Fsp3) is 0.462. The Labute approximate surface area is 97.2 Å². The molecule has 0 heterocycles. The lowest BCUT2D eigenvalue weighted by atomic mass is 10.1. The minimum atomic E-state index is -0.0127. The van der Waals surface area contributed by atoms with Gasteiger partial charge in [0.2, 0.25) is 5.91 Å². The second-order valence-corrected chi connectivity index (χ2v) is 4.06. The highest BCUT2D eigenvalue weighted by Crippen LogP contribution is 2.09. The van der Waals surface area contributed by atoms with Gasteiger partial charge in [0.05, 0.1) is 0 Å². The molecule has 0 spiro atoms. The zero-order valence-electron chi connectivity index (χ0n) is 10.2. The molecule has 3 nitrogen and oxygen atoms in total. The highest BCUT2D eigenvalue weighted by Gasteiger charge is 2.11. The van der Waals surface area contributed by atoms with E-state index in [0.717, 1.165) is 12.2 Å². The normalized spacial score (nSPS) is 12.2. The summed E-state index contributed by atoms with van der Waals surface area (Å²) in [4.78, 5) is 11.8. The maximum Gasteiger partial charge on any atom is 0.228 e. The number of amides is 1. The number of carbonyl (C=O) groups excluding carboxylic acids is 1. The minimum absolute atomic E-state index is 0.0127. The largest absolute Gasteiger partial charge is 0.326 e. The van der Waals surface area contributed by atoms with Gasteiger partial charge < -0.3 is 10.6 Å². The second-order valence-electron chi connectivity index (χ2n) is 4.06. The van der Waals surface area contributed by atoms with Crippen LogP contribution in [0, 0.1) is 12.8 Å². The first-order chi connectivity index (χ1) is 7.63. The quantitative estimate of drug-likeness (QED) is 0.798. The summed E-state index contributed by atoms with van der Waals surface area (Å²) >= 11 is 0. The first kappa shape index (κ1) is 12.7. The van der Waals surface area contributed by atoms with Gasteiger partial charge in [-0.15, -0.1) is 0 Å². The van der Waals surface area contributed by atoms with Crippen molar-refractivity contribution in [2.45, 2.75) is 20.8 Å². The summed E-state index contributed by atoms with van der Waals surface area (Å²) in [5, 5.41) is 6.06. The molecule has 0 bridgehead atoms. The first-order valence-corrected chi connectivity index (χ1v) is 5.71. The van der Waals surface area contributed by atoms with Crippen molar-refractivity contribution in [1.82, 2.24) is 5.32 Å². The Bertz CT molecular complexity index is 332. The van der Waals surface area contributed by atoms with E-state index in [1.165, 1.54) is 5.56 Å². The number of hydrogen-bond donors (Lipinski definition) is 2. The SMILES string of the molecule is CCNCC(C)C(=O)Nc1ccc(C)cc1. The smallest absolute Gasteiger partial charge is 0.228 e. The molecule has 88 valence electrons. The van der Waals surface area contributed by atoms with Gasteiger partial charge in [-0.1, -0.05) is 31.5 Å². The molecule has 1 aromatic rings. The summed E-state index contributed by atoms with van der Waals surface area (Å²) in [6, 6.07) is 7.83. The van der Waals surface area contributed by atoms with Crippen LogP contribution in [0.15, 0.2) is 24.3 Å². The lowest BCUT2D eigenvalue weighted by Crippen LogP contribution is -2.30. The predicted octanol–water partition coefficient (Wildman–Crippen LogP) is 2.18. The standard InChI is InChI=1S/C13H20N2O/c1-4-14-9-11(3)13(16)15-12-7-5-10(2)6-8-12/h5-8,11,14H,4,9H2,1-3H3,(H,15,16). The average molecular weight is 220 g/mol. The molecule has 2 N–H and O–H groups in total. The summed E-state index contributed by atoms with van der Waals surface area (Å²) < 4.78 is 0. The maximum absolute atomic E-state index is 11.8. The molecular weight excluding hydrogens is 200 g/mol. The molecule has 0 aliphatic carbocycles. The molecule has 3 heteroatoms. The minimum Gasteiger partial charge on any atom is -0.326 e. The van der Waals surface area contributed by atoms with Gasteiger partial charge in [-0.05, 0) is 25.6 Å². The lowest BCUT2D eigenvalue weighted by molar-refractivity contribution is -0.119. The molecule has 1 rings (SSSR count). The molecular formula is C13H20N2O. The topological polar surface area (TPSA) is 41.1 Å². The number of benzene rings is 1. The number of hydrogen-bond acceptors (Lipinski definition) is 2. The van der Waals surface area contributed by atoms with Crippen molar-refractivity contribution in [1.29, 1.82) is 0 Å². The molecule has 1 aromatic carbocycles. The van der Waals surface area contributed by atoms with Crippen LogP contribution in [0.1, 0.15) is 19.4 Å².